The van der Waals surface area contributed by atoms with Gasteiger partial charge in [0.15, 0.2) is 0 Å². The molecule has 0 aliphatic carbocycles. The van der Waals surface area contributed by atoms with Gasteiger partial charge in [0.2, 0.25) is 0 Å². The van der Waals surface area contributed by atoms with E-state index in [0.29, 0.717) is 0 Å². The van der Waals surface area contributed by atoms with Crippen molar-refractivity contribution < 1.29 is 0 Å². The van der Waals surface area contributed by atoms with E-state index < -0.39 is 18.4 Å². The van der Waals surface area contributed by atoms with E-state index in [9.17, 15) is 0 Å². The van der Waals surface area contributed by atoms with Gasteiger partial charge in [-0.3, -0.25) is 0 Å². The summed E-state index contributed by atoms with van der Waals surface area (Å²) in [7, 11) is 0. The van der Waals surface area contributed by atoms with Crippen LogP contribution >= 0.6 is 0 Å². The molecule has 0 aliphatic rings. The van der Waals surface area contributed by atoms with Gasteiger partial charge in [0.1, 0.15) is 0 Å². The summed E-state index contributed by atoms with van der Waals surface area (Å²) in [5.74, 6) is 0. The van der Waals surface area contributed by atoms with Crippen LogP contribution in [-0.4, -0.2) is 18.4 Å². The molecule has 0 radical (unpaired) electrons. The fourth-order valence-electron chi connectivity index (χ4n) is 0.408. The molecular weight excluding hydrogens is 203 g/mol. The zero-order valence-corrected chi connectivity index (χ0v) is 9.64. The molecule has 0 saturated carbocycles. The summed E-state index contributed by atoms with van der Waals surface area (Å²) < 4.78 is 2.51. The van der Waals surface area contributed by atoms with E-state index in [4.69, 9.17) is 0 Å². The molecular formula is C7H18Sn. The van der Waals surface area contributed by atoms with Crippen molar-refractivity contribution in [2.45, 2.75) is 39.0 Å². The zero-order valence-electron chi connectivity index (χ0n) is 6.78. The van der Waals surface area contributed by atoms with E-state index in [1.54, 1.807) is 0 Å². The van der Waals surface area contributed by atoms with E-state index in [1.807, 2.05) is 0 Å². The Balaban J connectivity index is 3.71. The molecule has 0 atom stereocenters. The van der Waals surface area contributed by atoms with Gasteiger partial charge in [-0.1, -0.05) is 0 Å². The summed E-state index contributed by atoms with van der Waals surface area (Å²) in [6, 6.07) is 0. The normalized spacial score (nSPS) is 12.8. The van der Waals surface area contributed by atoms with E-state index in [2.05, 4.69) is 30.7 Å². The van der Waals surface area contributed by atoms with Crippen LogP contribution in [0.25, 0.3) is 0 Å². The van der Waals surface area contributed by atoms with Crippen LogP contribution < -0.4 is 0 Å². The van der Waals surface area contributed by atoms with Crippen LogP contribution in [0.5, 0.6) is 0 Å². The van der Waals surface area contributed by atoms with Crippen LogP contribution in [0.4, 0.5) is 0 Å². The van der Waals surface area contributed by atoms with Crippen molar-refractivity contribution in [1.82, 2.24) is 0 Å². The molecule has 0 aromatic carbocycles. The minimum atomic E-state index is -1.42. The van der Waals surface area contributed by atoms with Crippen molar-refractivity contribution in [3.8, 4) is 0 Å². The average Bonchev–Trinajstić information content (AvgIpc) is 1.67. The quantitative estimate of drug-likeness (QED) is 0.628. The van der Waals surface area contributed by atoms with Crippen molar-refractivity contribution in [2.75, 3.05) is 0 Å². The van der Waals surface area contributed by atoms with Gasteiger partial charge in [-0.15, -0.1) is 0 Å². The van der Waals surface area contributed by atoms with Gasteiger partial charge < -0.3 is 0 Å². The third kappa shape index (κ3) is 2.38. The molecule has 0 N–H and O–H groups in total. The number of hydrogen-bond acceptors (Lipinski definition) is 0. The molecule has 0 saturated heterocycles. The molecule has 0 aromatic rings. The molecule has 1 heteroatoms. The summed E-state index contributed by atoms with van der Waals surface area (Å²) >= 11 is -1.42. The molecule has 0 heterocycles. The standard InChI is InChI=1S/C3H7.C2H5.2CH3.Sn/c1-3-2;1-2;;;/h3H,1-2H3;1H2,2H3;2*1H3;. The minimum absolute atomic E-state index is 1.02. The third-order valence-corrected chi connectivity index (χ3v) is 16.6. The molecule has 0 fully saturated rings. The molecule has 50 valence electrons. The Hall–Kier alpha value is 0.799. The van der Waals surface area contributed by atoms with Gasteiger partial charge in [0.05, 0.1) is 0 Å². The molecule has 0 aliphatic heterocycles. The SMILES string of the molecule is C[CH2][Sn]([CH3])([CH3])[CH](C)C. The maximum atomic E-state index is 2.53. The topological polar surface area (TPSA) is 0 Å². The summed E-state index contributed by atoms with van der Waals surface area (Å²) in [5.41, 5.74) is 0. The van der Waals surface area contributed by atoms with Gasteiger partial charge in [-0.05, 0) is 0 Å². The molecule has 0 nitrogen and oxygen atoms in total. The van der Waals surface area contributed by atoms with Crippen LogP contribution in [0.2, 0.25) is 18.2 Å². The summed E-state index contributed by atoms with van der Waals surface area (Å²) in [4.78, 5) is 5.05. The first-order valence-electron chi connectivity index (χ1n) is 3.50. The fourth-order valence-corrected chi connectivity index (χ4v) is 2.74. The van der Waals surface area contributed by atoms with Crippen molar-refractivity contribution in [2.24, 2.45) is 0 Å². The van der Waals surface area contributed by atoms with Gasteiger partial charge in [0.25, 0.3) is 0 Å². The van der Waals surface area contributed by atoms with Crippen molar-refractivity contribution >= 4 is 18.4 Å². The molecule has 8 heavy (non-hydrogen) atoms. The molecule has 0 amide bonds. The Kier molecular flexibility index (Phi) is 3.40. The Morgan fingerprint density at radius 2 is 1.62 bits per heavy atom. The van der Waals surface area contributed by atoms with Gasteiger partial charge >= 0.3 is 57.4 Å². The zero-order chi connectivity index (χ0) is 6.78. The first-order valence-corrected chi connectivity index (χ1v) is 12.9. The van der Waals surface area contributed by atoms with Crippen LogP contribution in [0, 0.1) is 0 Å². The molecule has 0 bridgehead atoms. The molecule has 0 unspecified atom stereocenters. The predicted molar refractivity (Wildman–Crippen MR) is 43.1 cm³/mol. The first-order chi connectivity index (χ1) is 3.50. The fraction of sp³-hybridized carbons (Fsp3) is 1.00. The van der Waals surface area contributed by atoms with Crippen molar-refractivity contribution in [1.29, 1.82) is 0 Å². The van der Waals surface area contributed by atoms with Crippen LogP contribution in [0.1, 0.15) is 20.8 Å². The Labute approximate surface area is 57.5 Å². The second-order valence-electron chi connectivity index (χ2n) is 3.50. The Morgan fingerprint density at radius 1 is 1.25 bits per heavy atom. The Morgan fingerprint density at radius 3 is 1.62 bits per heavy atom. The first kappa shape index (κ1) is 8.80. The van der Waals surface area contributed by atoms with Crippen LogP contribution in [0.15, 0.2) is 0 Å². The summed E-state index contributed by atoms with van der Waals surface area (Å²) in [6.45, 7) is 7.09. The van der Waals surface area contributed by atoms with E-state index in [0.717, 1.165) is 3.93 Å². The molecule has 0 spiro atoms. The Bertz CT molecular complexity index is 64.8. The van der Waals surface area contributed by atoms with Gasteiger partial charge in [-0.2, -0.15) is 0 Å². The third-order valence-electron chi connectivity index (χ3n) is 2.47. The summed E-state index contributed by atoms with van der Waals surface area (Å²) in [6.07, 6.45) is 0. The number of rotatable bonds is 2. The number of hydrogen-bond donors (Lipinski definition) is 0. The van der Waals surface area contributed by atoms with Crippen molar-refractivity contribution in [3.05, 3.63) is 0 Å². The van der Waals surface area contributed by atoms with E-state index in [-0.39, 0.29) is 0 Å². The van der Waals surface area contributed by atoms with Gasteiger partial charge in [0, 0.05) is 0 Å². The summed E-state index contributed by atoms with van der Waals surface area (Å²) in [5, 5.41) is 0. The van der Waals surface area contributed by atoms with Crippen LogP contribution in [-0.2, 0) is 0 Å². The second-order valence-corrected chi connectivity index (χ2v) is 20.2. The molecule has 0 rings (SSSR count). The molecule has 0 aromatic heterocycles. The van der Waals surface area contributed by atoms with Gasteiger partial charge in [-0.25, -0.2) is 0 Å². The van der Waals surface area contributed by atoms with E-state index >= 15 is 0 Å². The second kappa shape index (κ2) is 3.09. The van der Waals surface area contributed by atoms with Crippen LogP contribution in [0.3, 0.4) is 0 Å². The average molecular weight is 221 g/mol. The van der Waals surface area contributed by atoms with E-state index in [1.165, 1.54) is 4.44 Å². The monoisotopic (exact) mass is 222 g/mol. The predicted octanol–water partition coefficient (Wildman–Crippen LogP) is 3.12. The van der Waals surface area contributed by atoms with Crippen molar-refractivity contribution in [3.63, 3.8) is 0 Å². The maximum absolute atomic E-state index is 2.53.